The monoisotopic (exact) mass is 368 g/mol. The summed E-state index contributed by atoms with van der Waals surface area (Å²) in [7, 11) is 1.90. The van der Waals surface area contributed by atoms with E-state index in [0.717, 1.165) is 48.3 Å². The first-order valence-electron chi connectivity index (χ1n) is 9.11. The molecular weight excluding hydrogens is 344 g/mol. The van der Waals surface area contributed by atoms with Crippen LogP contribution in [0.1, 0.15) is 28.9 Å². The second-order valence-electron chi connectivity index (χ2n) is 6.83. The fourth-order valence-electron chi connectivity index (χ4n) is 3.38. The van der Waals surface area contributed by atoms with Gasteiger partial charge in [-0.25, -0.2) is 4.68 Å². The fourth-order valence-corrected chi connectivity index (χ4v) is 3.38. The molecule has 0 N–H and O–H groups in total. The zero-order valence-corrected chi connectivity index (χ0v) is 15.9. The molecular formula is C20H24N4O3. The maximum absolute atomic E-state index is 6.08. The van der Waals surface area contributed by atoms with Crippen molar-refractivity contribution in [3.05, 3.63) is 59.4 Å². The van der Waals surface area contributed by atoms with Crippen LogP contribution < -0.4 is 4.74 Å². The predicted molar refractivity (Wildman–Crippen MR) is 99.7 cm³/mol. The summed E-state index contributed by atoms with van der Waals surface area (Å²) in [5.74, 6) is 3.23. The van der Waals surface area contributed by atoms with Crippen molar-refractivity contribution in [1.29, 1.82) is 0 Å². The van der Waals surface area contributed by atoms with Crippen LogP contribution in [0.2, 0.25) is 0 Å². The lowest BCUT2D eigenvalue weighted by atomic mass is 10.2. The minimum Gasteiger partial charge on any atom is -0.464 e. The molecule has 3 aromatic rings. The van der Waals surface area contributed by atoms with Gasteiger partial charge in [0.15, 0.2) is 0 Å². The number of hydrogen-bond donors (Lipinski definition) is 0. The van der Waals surface area contributed by atoms with Gasteiger partial charge in [-0.15, -0.1) is 0 Å². The maximum atomic E-state index is 6.08. The van der Waals surface area contributed by atoms with Gasteiger partial charge in [0.1, 0.15) is 23.4 Å². The van der Waals surface area contributed by atoms with E-state index >= 15 is 0 Å². The number of pyridine rings is 1. The third kappa shape index (κ3) is 3.89. The highest BCUT2D eigenvalue weighted by atomic mass is 16.5. The lowest BCUT2D eigenvalue weighted by molar-refractivity contribution is -0.0432. The van der Waals surface area contributed by atoms with Gasteiger partial charge >= 0.3 is 0 Å². The molecule has 0 aliphatic carbocycles. The number of ether oxygens (including phenoxy) is 2. The van der Waals surface area contributed by atoms with Gasteiger partial charge in [-0.2, -0.15) is 5.10 Å². The first-order valence-corrected chi connectivity index (χ1v) is 9.11. The summed E-state index contributed by atoms with van der Waals surface area (Å²) >= 11 is 0. The van der Waals surface area contributed by atoms with E-state index in [4.69, 9.17) is 13.9 Å². The van der Waals surface area contributed by atoms with Gasteiger partial charge in [0.05, 0.1) is 24.1 Å². The Morgan fingerprint density at radius 3 is 2.89 bits per heavy atom. The van der Waals surface area contributed by atoms with E-state index in [1.165, 1.54) is 0 Å². The Bertz CT molecular complexity index is 903. The van der Waals surface area contributed by atoms with Gasteiger partial charge < -0.3 is 13.9 Å². The largest absolute Gasteiger partial charge is 0.464 e. The van der Waals surface area contributed by atoms with Crippen molar-refractivity contribution in [1.82, 2.24) is 19.7 Å². The summed E-state index contributed by atoms with van der Waals surface area (Å²) in [6.45, 7) is 7.01. The van der Waals surface area contributed by atoms with Crippen molar-refractivity contribution >= 4 is 0 Å². The Hall–Kier alpha value is -2.64. The molecule has 0 amide bonds. The van der Waals surface area contributed by atoms with E-state index in [1.807, 2.05) is 45.2 Å². The highest BCUT2D eigenvalue weighted by Gasteiger charge is 2.27. The third-order valence-corrected chi connectivity index (χ3v) is 4.75. The number of nitrogens with zero attached hydrogens (tertiary/aromatic N) is 4. The average Bonchev–Trinajstić information content (AvgIpc) is 3.21. The van der Waals surface area contributed by atoms with Crippen LogP contribution in [0.5, 0.6) is 11.6 Å². The van der Waals surface area contributed by atoms with Crippen molar-refractivity contribution in [3.8, 4) is 11.6 Å². The minimum atomic E-state index is -0.0490. The highest BCUT2D eigenvalue weighted by molar-refractivity contribution is 5.34. The smallest absolute Gasteiger partial charge is 0.222 e. The van der Waals surface area contributed by atoms with Crippen molar-refractivity contribution in [2.45, 2.75) is 26.5 Å². The van der Waals surface area contributed by atoms with Crippen LogP contribution in [0.15, 0.2) is 41.1 Å². The standard InChI is InChI=1S/C20H24N4O3/c1-14-6-7-18(26-14)19-13-24(9-10-25-19)12-17-15(2)22-23(3)20(17)27-16-5-4-8-21-11-16/h4-8,11,19H,9-10,12-13H2,1-3H3/t19-/m1/s1. The Morgan fingerprint density at radius 2 is 2.15 bits per heavy atom. The second kappa shape index (κ2) is 7.54. The van der Waals surface area contributed by atoms with Crippen LogP contribution in [-0.4, -0.2) is 39.4 Å². The molecule has 0 aromatic carbocycles. The van der Waals surface area contributed by atoms with Crippen LogP contribution in [0, 0.1) is 13.8 Å². The molecule has 1 saturated heterocycles. The molecule has 142 valence electrons. The zero-order valence-electron chi connectivity index (χ0n) is 15.9. The molecule has 1 atom stereocenters. The number of aromatic nitrogens is 3. The molecule has 0 saturated carbocycles. The van der Waals surface area contributed by atoms with Crippen LogP contribution in [0.3, 0.4) is 0 Å². The molecule has 0 radical (unpaired) electrons. The number of furan rings is 1. The number of hydrogen-bond acceptors (Lipinski definition) is 6. The second-order valence-corrected chi connectivity index (χ2v) is 6.83. The van der Waals surface area contributed by atoms with Gasteiger partial charge in [-0.05, 0) is 38.1 Å². The zero-order chi connectivity index (χ0) is 18.8. The quantitative estimate of drug-likeness (QED) is 0.688. The van der Waals surface area contributed by atoms with Crippen molar-refractivity contribution in [3.63, 3.8) is 0 Å². The number of rotatable bonds is 5. The Kier molecular flexibility index (Phi) is 4.96. The lowest BCUT2D eigenvalue weighted by Crippen LogP contribution is -2.37. The van der Waals surface area contributed by atoms with Crippen LogP contribution in [-0.2, 0) is 18.3 Å². The lowest BCUT2D eigenvalue weighted by Gasteiger charge is -2.32. The Morgan fingerprint density at radius 1 is 1.26 bits per heavy atom. The summed E-state index contributed by atoms with van der Waals surface area (Å²) in [5.41, 5.74) is 2.05. The molecule has 27 heavy (non-hydrogen) atoms. The minimum absolute atomic E-state index is 0.0490. The van der Waals surface area contributed by atoms with Gasteiger partial charge in [-0.3, -0.25) is 9.88 Å². The first kappa shape index (κ1) is 17.8. The summed E-state index contributed by atoms with van der Waals surface area (Å²) in [6, 6.07) is 7.72. The van der Waals surface area contributed by atoms with Gasteiger partial charge in [0.2, 0.25) is 5.88 Å². The van der Waals surface area contributed by atoms with E-state index < -0.39 is 0 Å². The fraction of sp³-hybridized carbons (Fsp3) is 0.400. The average molecular weight is 368 g/mol. The summed E-state index contributed by atoms with van der Waals surface area (Å²) in [5, 5.41) is 4.55. The van der Waals surface area contributed by atoms with Crippen LogP contribution in [0.25, 0.3) is 0 Å². The van der Waals surface area contributed by atoms with Crippen molar-refractivity contribution in [2.24, 2.45) is 7.05 Å². The first-order chi connectivity index (χ1) is 13.1. The molecule has 1 aliphatic rings. The third-order valence-electron chi connectivity index (χ3n) is 4.75. The Balaban J connectivity index is 1.52. The number of aryl methyl sites for hydroxylation is 3. The maximum Gasteiger partial charge on any atom is 0.222 e. The van der Waals surface area contributed by atoms with E-state index in [0.29, 0.717) is 12.4 Å². The molecule has 0 spiro atoms. The van der Waals surface area contributed by atoms with Gasteiger partial charge in [-0.1, -0.05) is 0 Å². The van der Waals surface area contributed by atoms with E-state index in [9.17, 15) is 0 Å². The molecule has 1 fully saturated rings. The van der Waals surface area contributed by atoms with Gasteiger partial charge in [0.25, 0.3) is 0 Å². The topological polar surface area (TPSA) is 65.6 Å². The Labute approximate surface area is 158 Å². The number of morpholine rings is 1. The van der Waals surface area contributed by atoms with Crippen LogP contribution >= 0.6 is 0 Å². The molecule has 7 nitrogen and oxygen atoms in total. The summed E-state index contributed by atoms with van der Waals surface area (Å²) in [6.07, 6.45) is 3.38. The van der Waals surface area contributed by atoms with Crippen molar-refractivity contribution in [2.75, 3.05) is 19.7 Å². The highest BCUT2D eigenvalue weighted by Crippen LogP contribution is 2.30. The van der Waals surface area contributed by atoms with E-state index in [2.05, 4.69) is 15.0 Å². The predicted octanol–water partition coefficient (Wildman–Crippen LogP) is 3.39. The van der Waals surface area contributed by atoms with Gasteiger partial charge in [0, 0.05) is 32.9 Å². The molecule has 0 unspecified atom stereocenters. The summed E-state index contributed by atoms with van der Waals surface area (Å²) in [4.78, 5) is 6.47. The SMILES string of the molecule is Cc1ccc([C@H]2CN(Cc3c(C)nn(C)c3Oc3cccnc3)CCO2)o1. The van der Waals surface area contributed by atoms with Crippen molar-refractivity contribution < 1.29 is 13.9 Å². The molecule has 4 heterocycles. The normalized spacial score (nSPS) is 18.0. The molecule has 3 aromatic heterocycles. The van der Waals surface area contributed by atoms with E-state index in [-0.39, 0.29) is 6.10 Å². The molecule has 1 aliphatic heterocycles. The molecule has 0 bridgehead atoms. The summed E-state index contributed by atoms with van der Waals surface area (Å²) < 4.78 is 19.5. The molecule has 7 heteroatoms. The van der Waals surface area contributed by atoms with Crippen LogP contribution in [0.4, 0.5) is 0 Å². The molecule has 4 rings (SSSR count). The van der Waals surface area contributed by atoms with E-state index in [1.54, 1.807) is 17.1 Å².